The Labute approximate surface area is 150 Å². The quantitative estimate of drug-likeness (QED) is 0.637. The first-order valence-electron chi connectivity index (χ1n) is 9.00. The number of hydrogen-bond donors (Lipinski definition) is 1. The van der Waals surface area contributed by atoms with E-state index in [2.05, 4.69) is 69.1 Å². The van der Waals surface area contributed by atoms with Crippen LogP contribution in [0.1, 0.15) is 45.7 Å². The Morgan fingerprint density at radius 1 is 0.875 bits per heavy atom. The molecule has 2 rings (SSSR count). The molecule has 0 unspecified atom stereocenters. The first-order valence-corrected chi connectivity index (χ1v) is 9.00. The molecule has 0 aliphatic heterocycles. The van der Waals surface area contributed by atoms with Crippen LogP contribution in [0, 0.1) is 6.92 Å². The smallest absolute Gasteiger partial charge is 0.0159 e. The van der Waals surface area contributed by atoms with Gasteiger partial charge in [0.25, 0.3) is 0 Å². The summed E-state index contributed by atoms with van der Waals surface area (Å²) in [6.07, 6.45) is 1.14. The van der Waals surface area contributed by atoms with E-state index in [0.717, 1.165) is 19.5 Å². The van der Waals surface area contributed by atoms with E-state index < -0.39 is 0 Å². The maximum atomic E-state index is 3.73. The van der Waals surface area contributed by atoms with E-state index in [1.165, 1.54) is 16.7 Å². The monoisotopic (exact) mass is 327 g/mol. The van der Waals surface area contributed by atoms with Gasteiger partial charge in [-0.1, -0.05) is 106 Å². The van der Waals surface area contributed by atoms with Crippen LogP contribution in [0.15, 0.2) is 72.8 Å². The van der Waals surface area contributed by atoms with Crippen molar-refractivity contribution in [2.45, 2.75) is 48.0 Å². The molecule has 134 valence electrons. The Hall–Kier alpha value is -1.86. The van der Waals surface area contributed by atoms with Gasteiger partial charge in [0.2, 0.25) is 0 Å². The van der Waals surface area contributed by atoms with Gasteiger partial charge in [0.15, 0.2) is 0 Å². The summed E-state index contributed by atoms with van der Waals surface area (Å²) in [4.78, 5) is 0. The summed E-state index contributed by atoms with van der Waals surface area (Å²) in [6, 6.07) is 20.7. The van der Waals surface area contributed by atoms with E-state index in [4.69, 9.17) is 0 Å². The third kappa shape index (κ3) is 18.2. The molecule has 0 radical (unpaired) electrons. The molecular weight excluding hydrogens is 290 g/mol. The van der Waals surface area contributed by atoms with Crippen molar-refractivity contribution in [3.8, 4) is 0 Å². The van der Waals surface area contributed by atoms with E-state index in [1.807, 2.05) is 45.0 Å². The summed E-state index contributed by atoms with van der Waals surface area (Å²) in [5, 5.41) is 3.15. The lowest BCUT2D eigenvalue weighted by Gasteiger charge is -1.96. The normalized spacial score (nSPS) is 8.42. The van der Waals surface area contributed by atoms with Gasteiger partial charge in [-0.3, -0.25) is 0 Å². The van der Waals surface area contributed by atoms with Crippen molar-refractivity contribution >= 4 is 0 Å². The highest BCUT2D eigenvalue weighted by atomic mass is 14.8. The average Bonchev–Trinajstić information content (AvgIpc) is 2.64. The third-order valence-electron chi connectivity index (χ3n) is 2.87. The van der Waals surface area contributed by atoms with Crippen LogP contribution in [0.5, 0.6) is 0 Å². The van der Waals surface area contributed by atoms with Gasteiger partial charge in [-0.15, -0.1) is 0 Å². The van der Waals surface area contributed by atoms with Crippen LogP contribution >= 0.6 is 0 Å². The summed E-state index contributed by atoms with van der Waals surface area (Å²) in [5.74, 6) is 0. The van der Waals surface area contributed by atoms with E-state index in [9.17, 15) is 0 Å². The van der Waals surface area contributed by atoms with E-state index in [0.29, 0.717) is 0 Å². The second kappa shape index (κ2) is 19.2. The summed E-state index contributed by atoms with van der Waals surface area (Å²) >= 11 is 0. The molecule has 24 heavy (non-hydrogen) atoms. The third-order valence-corrected chi connectivity index (χ3v) is 2.87. The van der Waals surface area contributed by atoms with Gasteiger partial charge in [-0.05, 0) is 32.4 Å². The van der Waals surface area contributed by atoms with Crippen molar-refractivity contribution in [1.82, 2.24) is 5.32 Å². The van der Waals surface area contributed by atoms with Crippen molar-refractivity contribution in [2.75, 3.05) is 13.1 Å². The largest absolute Gasteiger partial charge is 0.313 e. The maximum Gasteiger partial charge on any atom is 0.0159 e. The van der Waals surface area contributed by atoms with Crippen molar-refractivity contribution < 1.29 is 0 Å². The minimum atomic E-state index is 0.955. The molecule has 0 atom stereocenters. The summed E-state index contributed by atoms with van der Waals surface area (Å²) < 4.78 is 0. The second-order valence-electron chi connectivity index (χ2n) is 5.23. The minimum absolute atomic E-state index is 0.955. The minimum Gasteiger partial charge on any atom is -0.313 e. The zero-order valence-electron chi connectivity index (χ0n) is 16.6. The van der Waals surface area contributed by atoms with Gasteiger partial charge in [0.1, 0.15) is 0 Å². The van der Waals surface area contributed by atoms with E-state index in [1.54, 1.807) is 0 Å². The first kappa shape index (κ1) is 24.4. The van der Waals surface area contributed by atoms with Crippen molar-refractivity contribution in [1.29, 1.82) is 0 Å². The van der Waals surface area contributed by atoms with Gasteiger partial charge >= 0.3 is 0 Å². The maximum absolute atomic E-state index is 3.73. The molecule has 1 heteroatoms. The summed E-state index contributed by atoms with van der Waals surface area (Å²) in [6.45, 7) is 18.1. The average molecular weight is 328 g/mol. The van der Waals surface area contributed by atoms with Crippen molar-refractivity contribution in [3.63, 3.8) is 0 Å². The van der Waals surface area contributed by atoms with Crippen molar-refractivity contribution in [3.05, 3.63) is 83.9 Å². The van der Waals surface area contributed by atoms with Crippen LogP contribution in [-0.2, 0) is 6.42 Å². The fourth-order valence-corrected chi connectivity index (χ4v) is 1.59. The number of rotatable bonds is 4. The van der Waals surface area contributed by atoms with Crippen LogP contribution in [0.25, 0.3) is 0 Å². The summed E-state index contributed by atoms with van der Waals surface area (Å²) in [5.41, 5.74) is 3.93. The molecule has 0 bridgehead atoms. The molecule has 0 aromatic heterocycles. The fraction of sp³-hybridized carbons (Fsp3) is 0.391. The Bertz CT molecular complexity index is 474. The Balaban J connectivity index is 0. The lowest BCUT2D eigenvalue weighted by Crippen LogP contribution is -2.14. The number of hydrogen-bond acceptors (Lipinski definition) is 1. The standard InChI is InChI=1S/C8H10.C7H8.C6H13N.C2H6/c1-2-8-6-4-3-5-7-8;1-7-5-3-2-4-6-7;1-4-7-5-6(2)3;1-2/h3-7H,2H2,1H3;2-6H,1H3;7H,2,4-5H2,1,3H3;1-2H3. The molecule has 0 heterocycles. The molecule has 0 amide bonds. The zero-order chi connectivity index (χ0) is 18.6. The van der Waals surface area contributed by atoms with Gasteiger partial charge in [0.05, 0.1) is 0 Å². The Morgan fingerprint density at radius 2 is 1.33 bits per heavy atom. The number of nitrogens with one attached hydrogen (secondary N) is 1. The van der Waals surface area contributed by atoms with Crippen LogP contribution in [-0.4, -0.2) is 13.1 Å². The fourth-order valence-electron chi connectivity index (χ4n) is 1.59. The highest BCUT2D eigenvalue weighted by molar-refractivity contribution is 5.14. The molecule has 0 spiro atoms. The van der Waals surface area contributed by atoms with Crippen molar-refractivity contribution in [2.24, 2.45) is 0 Å². The molecule has 0 aliphatic carbocycles. The van der Waals surface area contributed by atoms with Crippen LogP contribution < -0.4 is 5.32 Å². The summed E-state index contributed by atoms with van der Waals surface area (Å²) in [7, 11) is 0. The molecule has 0 saturated heterocycles. The second-order valence-corrected chi connectivity index (χ2v) is 5.23. The number of aryl methyl sites for hydroxylation is 2. The predicted octanol–water partition coefficient (Wildman–Crippen LogP) is 6.44. The molecule has 0 saturated carbocycles. The highest BCUT2D eigenvalue weighted by Crippen LogP contribution is 1.96. The van der Waals surface area contributed by atoms with Crippen LogP contribution in [0.3, 0.4) is 0 Å². The molecule has 2 aromatic rings. The lowest BCUT2D eigenvalue weighted by molar-refractivity contribution is 0.778. The van der Waals surface area contributed by atoms with Gasteiger partial charge in [-0.2, -0.15) is 0 Å². The Kier molecular flexibility index (Phi) is 19.5. The predicted molar refractivity (Wildman–Crippen MR) is 112 cm³/mol. The number of likely N-dealkylation sites (N-methyl/N-ethyl adjacent to an activating group) is 1. The molecule has 1 N–H and O–H groups in total. The molecule has 1 nitrogen and oxygen atoms in total. The molecule has 0 fully saturated rings. The zero-order valence-corrected chi connectivity index (χ0v) is 16.6. The molecular formula is C23H37N. The topological polar surface area (TPSA) is 12.0 Å². The SMILES string of the molecule is C=C(C)CNCC.CC.CCc1ccccc1.Cc1ccccc1. The van der Waals surface area contributed by atoms with E-state index in [-0.39, 0.29) is 0 Å². The highest BCUT2D eigenvalue weighted by Gasteiger charge is 1.80. The van der Waals surface area contributed by atoms with Crippen LogP contribution in [0.2, 0.25) is 0 Å². The molecule has 0 aliphatic rings. The van der Waals surface area contributed by atoms with Gasteiger partial charge in [0, 0.05) is 6.54 Å². The number of benzene rings is 2. The molecule has 2 aromatic carbocycles. The lowest BCUT2D eigenvalue weighted by atomic mass is 10.2. The van der Waals surface area contributed by atoms with Gasteiger partial charge < -0.3 is 5.32 Å². The first-order chi connectivity index (χ1) is 11.6. The van der Waals surface area contributed by atoms with Crippen LogP contribution in [0.4, 0.5) is 0 Å². The van der Waals surface area contributed by atoms with E-state index >= 15 is 0 Å². The van der Waals surface area contributed by atoms with Gasteiger partial charge in [-0.25, -0.2) is 0 Å². The Morgan fingerprint density at radius 3 is 1.54 bits per heavy atom.